The van der Waals surface area contributed by atoms with Crippen molar-refractivity contribution in [2.24, 2.45) is 0 Å². The second-order valence-corrected chi connectivity index (χ2v) is 6.20. The Morgan fingerprint density at radius 2 is 1.64 bits per heavy atom. The van der Waals surface area contributed by atoms with Crippen molar-refractivity contribution in [1.82, 2.24) is 9.47 Å². The molecule has 0 spiro atoms. The van der Waals surface area contributed by atoms with E-state index in [1.165, 1.54) is 23.4 Å². The smallest absolute Gasteiger partial charge is 0.123 e. The summed E-state index contributed by atoms with van der Waals surface area (Å²) >= 11 is 0. The Balaban J connectivity index is 1.71. The third-order valence-corrected chi connectivity index (χ3v) is 4.21. The van der Waals surface area contributed by atoms with Crippen LogP contribution >= 0.6 is 0 Å². The van der Waals surface area contributed by atoms with Gasteiger partial charge in [-0.3, -0.25) is 4.90 Å². The zero-order valence-electron chi connectivity index (χ0n) is 14.3. The Morgan fingerprint density at radius 1 is 0.880 bits per heavy atom. The zero-order chi connectivity index (χ0) is 17.5. The Kier molecular flexibility index (Phi) is 5.81. The molecular formula is C22H23FN2. The van der Waals surface area contributed by atoms with Crippen LogP contribution in [-0.4, -0.2) is 16.0 Å². The Bertz CT molecular complexity index is 790. The minimum atomic E-state index is -0.198. The first-order valence-corrected chi connectivity index (χ1v) is 8.50. The molecule has 1 aromatic heterocycles. The van der Waals surface area contributed by atoms with E-state index in [9.17, 15) is 4.39 Å². The van der Waals surface area contributed by atoms with Gasteiger partial charge >= 0.3 is 0 Å². The average Bonchev–Trinajstić information content (AvgIpc) is 3.05. The number of benzene rings is 2. The van der Waals surface area contributed by atoms with Crippen LogP contribution in [0, 0.1) is 5.82 Å². The van der Waals surface area contributed by atoms with E-state index < -0.39 is 0 Å². The number of aromatic nitrogens is 1. The summed E-state index contributed by atoms with van der Waals surface area (Å²) in [6.45, 7) is 7.19. The van der Waals surface area contributed by atoms with Gasteiger partial charge in [0.25, 0.3) is 0 Å². The first-order chi connectivity index (χ1) is 12.2. The van der Waals surface area contributed by atoms with E-state index in [4.69, 9.17) is 0 Å². The molecule has 0 fully saturated rings. The van der Waals surface area contributed by atoms with E-state index in [0.29, 0.717) is 0 Å². The lowest BCUT2D eigenvalue weighted by atomic mass is 10.2. The van der Waals surface area contributed by atoms with Gasteiger partial charge in [-0.1, -0.05) is 48.5 Å². The highest BCUT2D eigenvalue weighted by molar-refractivity contribution is 5.19. The fourth-order valence-corrected chi connectivity index (χ4v) is 2.97. The minimum absolute atomic E-state index is 0.198. The molecule has 2 nitrogen and oxygen atoms in total. The molecule has 2 aromatic carbocycles. The van der Waals surface area contributed by atoms with Gasteiger partial charge in [0.05, 0.1) is 0 Å². The van der Waals surface area contributed by atoms with Crippen molar-refractivity contribution < 1.29 is 4.39 Å². The standard InChI is InChI=1S/C22H23FN2/c1-2-14-24(16-19-7-4-3-5-8-19)18-22-9-6-15-25(22)17-20-10-12-21(23)13-11-20/h2-13,15H,1,14,16-18H2. The molecule has 0 saturated heterocycles. The van der Waals surface area contributed by atoms with Gasteiger partial charge in [0.15, 0.2) is 0 Å². The summed E-state index contributed by atoms with van der Waals surface area (Å²) in [4.78, 5) is 2.36. The highest BCUT2D eigenvalue weighted by Gasteiger charge is 2.09. The fraction of sp³-hybridized carbons (Fsp3) is 0.182. The highest BCUT2D eigenvalue weighted by atomic mass is 19.1. The number of hydrogen-bond donors (Lipinski definition) is 0. The SMILES string of the molecule is C=CCN(Cc1ccccc1)Cc1cccn1Cc1ccc(F)cc1. The summed E-state index contributed by atoms with van der Waals surface area (Å²) in [7, 11) is 0. The number of rotatable bonds is 8. The predicted molar refractivity (Wildman–Crippen MR) is 101 cm³/mol. The molecule has 3 rings (SSSR count). The quantitative estimate of drug-likeness (QED) is 0.534. The first kappa shape index (κ1) is 17.2. The molecule has 0 amide bonds. The highest BCUT2D eigenvalue weighted by Crippen LogP contribution is 2.13. The van der Waals surface area contributed by atoms with Crippen LogP contribution < -0.4 is 0 Å². The van der Waals surface area contributed by atoms with Gasteiger partial charge in [-0.25, -0.2) is 4.39 Å². The van der Waals surface area contributed by atoms with E-state index in [1.807, 2.05) is 24.3 Å². The van der Waals surface area contributed by atoms with E-state index >= 15 is 0 Å². The van der Waals surface area contributed by atoms with Crippen LogP contribution in [0.1, 0.15) is 16.8 Å². The van der Waals surface area contributed by atoms with Gasteiger partial charge in [0.1, 0.15) is 5.82 Å². The van der Waals surface area contributed by atoms with Crippen LogP contribution in [0.2, 0.25) is 0 Å². The molecule has 0 bridgehead atoms. The second-order valence-electron chi connectivity index (χ2n) is 6.20. The average molecular weight is 334 g/mol. The molecule has 0 N–H and O–H groups in total. The van der Waals surface area contributed by atoms with Crippen molar-refractivity contribution in [3.8, 4) is 0 Å². The van der Waals surface area contributed by atoms with Crippen molar-refractivity contribution in [3.63, 3.8) is 0 Å². The summed E-state index contributed by atoms with van der Waals surface area (Å²) in [5.41, 5.74) is 3.63. The van der Waals surface area contributed by atoms with Crippen molar-refractivity contribution in [2.45, 2.75) is 19.6 Å². The molecule has 0 radical (unpaired) electrons. The van der Waals surface area contributed by atoms with Gasteiger partial charge in [-0.05, 0) is 35.4 Å². The van der Waals surface area contributed by atoms with Crippen LogP contribution in [-0.2, 0) is 19.6 Å². The molecule has 0 saturated carbocycles. The maximum Gasteiger partial charge on any atom is 0.123 e. The normalized spacial score (nSPS) is 11.0. The van der Waals surface area contributed by atoms with Gasteiger partial charge < -0.3 is 4.57 Å². The van der Waals surface area contributed by atoms with Crippen LogP contribution in [0.3, 0.4) is 0 Å². The molecule has 0 unspecified atom stereocenters. The molecule has 0 aliphatic carbocycles. The summed E-state index contributed by atoms with van der Waals surface area (Å²) in [5, 5.41) is 0. The molecule has 25 heavy (non-hydrogen) atoms. The van der Waals surface area contributed by atoms with E-state index in [0.717, 1.165) is 31.7 Å². The minimum Gasteiger partial charge on any atom is -0.346 e. The third kappa shape index (κ3) is 4.91. The van der Waals surface area contributed by atoms with Crippen LogP contribution in [0.5, 0.6) is 0 Å². The van der Waals surface area contributed by atoms with Gasteiger partial charge in [0.2, 0.25) is 0 Å². The lowest BCUT2D eigenvalue weighted by Gasteiger charge is -2.22. The molecule has 128 valence electrons. The second kappa shape index (κ2) is 8.45. The number of halogens is 1. The zero-order valence-corrected chi connectivity index (χ0v) is 14.3. The van der Waals surface area contributed by atoms with Gasteiger partial charge in [-0.15, -0.1) is 6.58 Å². The molecule has 0 aliphatic rings. The summed E-state index contributed by atoms with van der Waals surface area (Å²) in [5.74, 6) is -0.198. The van der Waals surface area contributed by atoms with E-state index in [2.05, 4.69) is 58.6 Å². The maximum absolute atomic E-state index is 13.1. The Labute approximate surface area is 148 Å². The summed E-state index contributed by atoms with van der Waals surface area (Å²) in [6, 6.07) is 21.4. The van der Waals surface area contributed by atoms with Crippen molar-refractivity contribution in [1.29, 1.82) is 0 Å². The van der Waals surface area contributed by atoms with Crippen LogP contribution in [0.4, 0.5) is 4.39 Å². The first-order valence-electron chi connectivity index (χ1n) is 8.50. The lowest BCUT2D eigenvalue weighted by Crippen LogP contribution is -2.24. The lowest BCUT2D eigenvalue weighted by molar-refractivity contribution is 0.279. The van der Waals surface area contributed by atoms with Crippen LogP contribution in [0.25, 0.3) is 0 Å². The van der Waals surface area contributed by atoms with E-state index in [-0.39, 0.29) is 5.82 Å². The predicted octanol–water partition coefficient (Wildman–Crippen LogP) is 4.86. The van der Waals surface area contributed by atoms with E-state index in [1.54, 1.807) is 0 Å². The monoisotopic (exact) mass is 334 g/mol. The maximum atomic E-state index is 13.1. The Morgan fingerprint density at radius 3 is 2.36 bits per heavy atom. The molecule has 1 heterocycles. The summed E-state index contributed by atoms with van der Waals surface area (Å²) < 4.78 is 15.3. The van der Waals surface area contributed by atoms with Gasteiger partial charge in [0, 0.05) is 38.1 Å². The van der Waals surface area contributed by atoms with Crippen LogP contribution in [0.15, 0.2) is 85.6 Å². The molecule has 3 heteroatoms. The molecule has 3 aromatic rings. The summed E-state index contributed by atoms with van der Waals surface area (Å²) in [6.07, 6.45) is 4.02. The van der Waals surface area contributed by atoms with Crippen molar-refractivity contribution in [2.75, 3.05) is 6.54 Å². The van der Waals surface area contributed by atoms with Gasteiger partial charge in [-0.2, -0.15) is 0 Å². The third-order valence-electron chi connectivity index (χ3n) is 4.21. The number of nitrogens with zero attached hydrogens (tertiary/aromatic N) is 2. The number of hydrogen-bond acceptors (Lipinski definition) is 1. The largest absolute Gasteiger partial charge is 0.346 e. The fourth-order valence-electron chi connectivity index (χ4n) is 2.97. The molecule has 0 aliphatic heterocycles. The van der Waals surface area contributed by atoms with Crippen molar-refractivity contribution in [3.05, 3.63) is 108 Å². The Hall–Kier alpha value is -2.65. The topological polar surface area (TPSA) is 8.17 Å². The molecular weight excluding hydrogens is 311 g/mol. The molecule has 0 atom stereocenters. The van der Waals surface area contributed by atoms with Crippen molar-refractivity contribution >= 4 is 0 Å².